The first-order valence-electron chi connectivity index (χ1n) is 4.07. The summed E-state index contributed by atoms with van der Waals surface area (Å²) in [6, 6.07) is 1.66. The molecule has 72 valence electrons. The normalized spacial score (nSPS) is 10.5. The van der Waals surface area contributed by atoms with Crippen molar-refractivity contribution >= 4 is 23.0 Å². The van der Waals surface area contributed by atoms with Crippen LogP contribution in [0.4, 0.5) is 5.69 Å². The lowest BCUT2D eigenvalue weighted by molar-refractivity contribution is 0.0384. The highest BCUT2D eigenvalue weighted by molar-refractivity contribution is 7.14. The topological polar surface area (TPSA) is 52.3 Å². The van der Waals surface area contributed by atoms with Crippen LogP contribution in [0.25, 0.3) is 0 Å². The quantitative estimate of drug-likeness (QED) is 0.743. The van der Waals surface area contributed by atoms with E-state index < -0.39 is 0 Å². The molecule has 3 nitrogen and oxygen atoms in total. The second-order valence-electron chi connectivity index (χ2n) is 3.08. The lowest BCUT2D eigenvalue weighted by Gasteiger charge is -2.05. The van der Waals surface area contributed by atoms with Crippen molar-refractivity contribution < 1.29 is 9.53 Å². The minimum absolute atomic E-state index is 0.0869. The van der Waals surface area contributed by atoms with Gasteiger partial charge in [-0.2, -0.15) is 0 Å². The van der Waals surface area contributed by atoms with E-state index in [1.807, 2.05) is 20.8 Å². The van der Waals surface area contributed by atoms with Gasteiger partial charge in [0.1, 0.15) is 4.88 Å². The van der Waals surface area contributed by atoms with E-state index in [4.69, 9.17) is 10.5 Å². The van der Waals surface area contributed by atoms with Crippen molar-refractivity contribution in [3.05, 3.63) is 15.8 Å². The van der Waals surface area contributed by atoms with Crippen molar-refractivity contribution in [2.75, 3.05) is 5.73 Å². The fraction of sp³-hybridized carbons (Fsp3) is 0.444. The molecule has 0 unspecified atom stereocenters. The van der Waals surface area contributed by atoms with Gasteiger partial charge in [-0.25, -0.2) is 4.79 Å². The summed E-state index contributed by atoms with van der Waals surface area (Å²) in [5, 5.41) is 0. The number of carbonyl (C=O) groups is 1. The second-order valence-corrected chi connectivity index (χ2v) is 4.33. The van der Waals surface area contributed by atoms with Crippen LogP contribution in [0.5, 0.6) is 0 Å². The minimum atomic E-state index is -0.292. The van der Waals surface area contributed by atoms with Gasteiger partial charge >= 0.3 is 5.97 Å². The fourth-order valence-electron chi connectivity index (χ4n) is 0.869. The third-order valence-corrected chi connectivity index (χ3v) is 2.55. The molecule has 0 saturated carbocycles. The molecule has 0 spiro atoms. The van der Waals surface area contributed by atoms with Crippen molar-refractivity contribution in [1.29, 1.82) is 0 Å². The van der Waals surface area contributed by atoms with Crippen LogP contribution in [-0.4, -0.2) is 12.1 Å². The standard InChI is InChI=1S/C9H13NO2S/c1-5(2)12-9(11)8-4-7(10)6(3)13-8/h4-5H,10H2,1-3H3. The molecule has 0 atom stereocenters. The lowest BCUT2D eigenvalue weighted by atomic mass is 10.4. The molecule has 13 heavy (non-hydrogen) atoms. The number of ether oxygens (including phenoxy) is 1. The minimum Gasteiger partial charge on any atom is -0.459 e. The molecular formula is C9H13NO2S. The summed E-state index contributed by atoms with van der Waals surface area (Å²) in [5.74, 6) is -0.292. The molecule has 2 N–H and O–H groups in total. The van der Waals surface area contributed by atoms with E-state index in [0.717, 1.165) is 4.88 Å². The Morgan fingerprint density at radius 3 is 2.62 bits per heavy atom. The zero-order valence-corrected chi connectivity index (χ0v) is 8.77. The first-order chi connectivity index (χ1) is 6.00. The first-order valence-corrected chi connectivity index (χ1v) is 4.89. The zero-order valence-electron chi connectivity index (χ0n) is 7.96. The molecule has 0 saturated heterocycles. The van der Waals surface area contributed by atoms with Gasteiger partial charge in [0.2, 0.25) is 0 Å². The van der Waals surface area contributed by atoms with Gasteiger partial charge in [-0.15, -0.1) is 11.3 Å². The summed E-state index contributed by atoms with van der Waals surface area (Å²) in [6.07, 6.45) is -0.0869. The lowest BCUT2D eigenvalue weighted by Crippen LogP contribution is -2.09. The number of nitrogens with two attached hydrogens (primary N) is 1. The van der Waals surface area contributed by atoms with E-state index >= 15 is 0 Å². The second kappa shape index (κ2) is 3.79. The monoisotopic (exact) mass is 199 g/mol. The van der Waals surface area contributed by atoms with Gasteiger partial charge in [-0.1, -0.05) is 0 Å². The maximum Gasteiger partial charge on any atom is 0.348 e. The van der Waals surface area contributed by atoms with E-state index in [1.165, 1.54) is 11.3 Å². The summed E-state index contributed by atoms with van der Waals surface area (Å²) in [6.45, 7) is 5.52. The van der Waals surface area contributed by atoms with E-state index in [-0.39, 0.29) is 12.1 Å². The number of thiophene rings is 1. The van der Waals surface area contributed by atoms with Crippen LogP contribution in [0.1, 0.15) is 28.4 Å². The molecule has 0 bridgehead atoms. The molecule has 0 aliphatic rings. The molecule has 0 aromatic carbocycles. The van der Waals surface area contributed by atoms with E-state index in [2.05, 4.69) is 0 Å². The molecule has 0 radical (unpaired) electrons. The largest absolute Gasteiger partial charge is 0.459 e. The van der Waals surface area contributed by atoms with Crippen LogP contribution >= 0.6 is 11.3 Å². The van der Waals surface area contributed by atoms with Gasteiger partial charge in [0.15, 0.2) is 0 Å². The predicted molar refractivity (Wildman–Crippen MR) is 54.0 cm³/mol. The molecule has 1 aromatic rings. The van der Waals surface area contributed by atoms with Crippen molar-refractivity contribution in [1.82, 2.24) is 0 Å². The highest BCUT2D eigenvalue weighted by Crippen LogP contribution is 2.24. The van der Waals surface area contributed by atoms with Crippen molar-refractivity contribution in [2.45, 2.75) is 26.9 Å². The SMILES string of the molecule is Cc1sc(C(=O)OC(C)C)cc1N. The summed E-state index contributed by atoms with van der Waals surface area (Å²) < 4.78 is 5.02. The van der Waals surface area contributed by atoms with E-state index in [1.54, 1.807) is 6.07 Å². The maximum atomic E-state index is 11.4. The van der Waals surface area contributed by atoms with Crippen LogP contribution < -0.4 is 5.73 Å². The highest BCUT2D eigenvalue weighted by Gasteiger charge is 2.13. The fourth-order valence-corrected chi connectivity index (χ4v) is 1.69. The van der Waals surface area contributed by atoms with Gasteiger partial charge in [-0.05, 0) is 26.8 Å². The van der Waals surface area contributed by atoms with E-state index in [9.17, 15) is 4.79 Å². The molecule has 0 amide bonds. The molecule has 1 aromatic heterocycles. The predicted octanol–water partition coefficient (Wildman–Crippen LogP) is 2.20. The van der Waals surface area contributed by atoms with Crippen LogP contribution in [0.3, 0.4) is 0 Å². The number of rotatable bonds is 2. The Labute approximate surface area is 81.5 Å². The summed E-state index contributed by atoms with van der Waals surface area (Å²) >= 11 is 1.36. The average Bonchev–Trinajstić information content (AvgIpc) is 2.31. The van der Waals surface area contributed by atoms with Crippen LogP contribution in [-0.2, 0) is 4.74 Å². The van der Waals surface area contributed by atoms with Crippen molar-refractivity contribution in [3.63, 3.8) is 0 Å². The Hall–Kier alpha value is -1.03. The van der Waals surface area contributed by atoms with Crippen molar-refractivity contribution in [2.24, 2.45) is 0 Å². The molecule has 4 heteroatoms. The number of anilines is 1. The van der Waals surface area contributed by atoms with Gasteiger partial charge in [0, 0.05) is 10.6 Å². The Morgan fingerprint density at radius 2 is 2.23 bits per heavy atom. The van der Waals surface area contributed by atoms with Crippen LogP contribution in [0.2, 0.25) is 0 Å². The Morgan fingerprint density at radius 1 is 1.62 bits per heavy atom. The molecule has 0 aliphatic carbocycles. The average molecular weight is 199 g/mol. The van der Waals surface area contributed by atoms with E-state index in [0.29, 0.717) is 10.6 Å². The van der Waals surface area contributed by atoms with Crippen LogP contribution in [0, 0.1) is 6.92 Å². The highest BCUT2D eigenvalue weighted by atomic mass is 32.1. The number of carbonyl (C=O) groups excluding carboxylic acids is 1. The molecule has 0 aliphatic heterocycles. The maximum absolute atomic E-state index is 11.4. The number of nitrogen functional groups attached to an aromatic ring is 1. The first kappa shape index (κ1) is 10.1. The summed E-state index contributed by atoms with van der Waals surface area (Å²) in [5.41, 5.74) is 6.27. The number of esters is 1. The Balaban J connectivity index is 2.77. The molecule has 0 fully saturated rings. The zero-order chi connectivity index (χ0) is 10.0. The molecule has 1 rings (SSSR count). The molecular weight excluding hydrogens is 186 g/mol. The number of hydrogen-bond donors (Lipinski definition) is 1. The number of aryl methyl sites for hydroxylation is 1. The third kappa shape index (κ3) is 2.45. The van der Waals surface area contributed by atoms with Gasteiger partial charge in [0.05, 0.1) is 6.10 Å². The number of hydrogen-bond acceptors (Lipinski definition) is 4. The van der Waals surface area contributed by atoms with Gasteiger partial charge < -0.3 is 10.5 Å². The smallest absolute Gasteiger partial charge is 0.348 e. The Bertz CT molecular complexity index is 298. The van der Waals surface area contributed by atoms with Crippen molar-refractivity contribution in [3.8, 4) is 0 Å². The third-order valence-electron chi connectivity index (χ3n) is 1.50. The van der Waals surface area contributed by atoms with Gasteiger partial charge in [-0.3, -0.25) is 0 Å². The van der Waals surface area contributed by atoms with Gasteiger partial charge in [0.25, 0.3) is 0 Å². The summed E-state index contributed by atoms with van der Waals surface area (Å²) in [7, 11) is 0. The molecule has 1 heterocycles. The van der Waals surface area contributed by atoms with Crippen LogP contribution in [0.15, 0.2) is 6.07 Å². The summed E-state index contributed by atoms with van der Waals surface area (Å²) in [4.78, 5) is 12.9. The Kier molecular flexibility index (Phi) is 2.93.